The number of amides is 1. The highest BCUT2D eigenvalue weighted by molar-refractivity contribution is 5.86. The van der Waals surface area contributed by atoms with E-state index in [1.807, 2.05) is 4.90 Å². The monoisotopic (exact) mass is 358 g/mol. The molecule has 4 nitrogen and oxygen atoms in total. The largest absolute Gasteiger partial charge is 0.379 e. The highest BCUT2D eigenvalue weighted by atomic mass is 16.3. The van der Waals surface area contributed by atoms with Gasteiger partial charge in [0.1, 0.15) is 0 Å². The third-order valence-electron chi connectivity index (χ3n) is 6.08. The molecule has 0 aliphatic carbocycles. The molecule has 3 rings (SSSR count). The van der Waals surface area contributed by atoms with Gasteiger partial charge in [0, 0.05) is 19.6 Å². The predicted molar refractivity (Wildman–Crippen MR) is 105 cm³/mol. The first kappa shape index (κ1) is 19.4. The fourth-order valence-electron chi connectivity index (χ4n) is 4.18. The number of carbonyl (C=O) groups is 1. The lowest BCUT2D eigenvalue weighted by molar-refractivity contribution is -0.160. The van der Waals surface area contributed by atoms with Crippen molar-refractivity contribution in [1.29, 1.82) is 0 Å². The molecule has 0 unspecified atom stereocenters. The number of carbonyl (C=O) groups excluding carboxylic acids is 1. The highest BCUT2D eigenvalue weighted by Gasteiger charge is 2.43. The van der Waals surface area contributed by atoms with Gasteiger partial charge < -0.3 is 10.0 Å². The van der Waals surface area contributed by atoms with E-state index in [1.165, 1.54) is 5.56 Å². The molecule has 2 aliphatic rings. The van der Waals surface area contributed by atoms with Gasteiger partial charge in [-0.15, -0.1) is 0 Å². The Morgan fingerprint density at radius 2 is 1.81 bits per heavy atom. The Bertz CT molecular complexity index is 605. The van der Waals surface area contributed by atoms with Crippen molar-refractivity contribution in [2.24, 2.45) is 5.92 Å². The van der Waals surface area contributed by atoms with Crippen LogP contribution in [-0.4, -0.2) is 52.6 Å². The fraction of sp³-hybridized carbons (Fsp3) is 0.682. The molecule has 0 spiro atoms. The van der Waals surface area contributed by atoms with Crippen molar-refractivity contribution in [1.82, 2.24) is 9.80 Å². The summed E-state index contributed by atoms with van der Waals surface area (Å²) >= 11 is 0. The van der Waals surface area contributed by atoms with Crippen LogP contribution >= 0.6 is 0 Å². The summed E-state index contributed by atoms with van der Waals surface area (Å²) in [6.45, 7) is 10.5. The molecule has 1 aromatic rings. The predicted octanol–water partition coefficient (Wildman–Crippen LogP) is 3.40. The second-order valence-electron chi connectivity index (χ2n) is 8.72. The third kappa shape index (κ3) is 4.47. The molecule has 1 amide bonds. The summed E-state index contributed by atoms with van der Waals surface area (Å²) in [5.41, 5.74) is 1.24. The second kappa shape index (κ2) is 8.10. The minimum absolute atomic E-state index is 0.0877. The van der Waals surface area contributed by atoms with Crippen molar-refractivity contribution >= 4 is 5.91 Å². The standard InChI is InChI=1S/C22H34N2O2/c1-17(2)20-7-5-19(6-8-20)15-24-12-4-11-22(26,21(24)25)16-23-13-9-18(3)10-14-23/h5-8,17-18,26H,4,9-16H2,1-3H3/t22-/m0/s1. The number of β-amino-alcohol motifs (C(OH)–C–C–N with tert-alkyl or cyclic N) is 1. The summed E-state index contributed by atoms with van der Waals surface area (Å²) in [5.74, 6) is 1.18. The summed E-state index contributed by atoms with van der Waals surface area (Å²) in [6, 6.07) is 8.52. The summed E-state index contributed by atoms with van der Waals surface area (Å²) in [7, 11) is 0. The molecule has 0 aromatic heterocycles. The lowest BCUT2D eigenvalue weighted by Gasteiger charge is -2.42. The summed E-state index contributed by atoms with van der Waals surface area (Å²) in [5, 5.41) is 11.1. The van der Waals surface area contributed by atoms with Gasteiger partial charge in [0.05, 0.1) is 0 Å². The minimum Gasteiger partial charge on any atom is -0.379 e. The molecule has 1 N–H and O–H groups in total. The fourth-order valence-corrected chi connectivity index (χ4v) is 4.18. The summed E-state index contributed by atoms with van der Waals surface area (Å²) in [4.78, 5) is 17.1. The maximum absolute atomic E-state index is 13.0. The van der Waals surface area contributed by atoms with Crippen LogP contribution in [0, 0.1) is 5.92 Å². The molecule has 26 heavy (non-hydrogen) atoms. The zero-order valence-corrected chi connectivity index (χ0v) is 16.6. The Kier molecular flexibility index (Phi) is 6.03. The van der Waals surface area contributed by atoms with Crippen molar-refractivity contribution in [3.05, 3.63) is 35.4 Å². The van der Waals surface area contributed by atoms with Crippen LogP contribution in [-0.2, 0) is 11.3 Å². The smallest absolute Gasteiger partial charge is 0.256 e. The highest BCUT2D eigenvalue weighted by Crippen LogP contribution is 2.27. The maximum atomic E-state index is 13.0. The lowest BCUT2D eigenvalue weighted by Crippen LogP contribution is -2.59. The normalized spacial score (nSPS) is 25.9. The molecule has 4 heteroatoms. The zero-order valence-electron chi connectivity index (χ0n) is 16.6. The van der Waals surface area contributed by atoms with Crippen molar-refractivity contribution in [2.45, 2.75) is 64.5 Å². The van der Waals surface area contributed by atoms with Crippen LogP contribution in [0.3, 0.4) is 0 Å². The molecule has 2 aliphatic heterocycles. The molecule has 144 valence electrons. The topological polar surface area (TPSA) is 43.8 Å². The first-order valence-electron chi connectivity index (χ1n) is 10.2. The number of aliphatic hydroxyl groups is 1. The van der Waals surface area contributed by atoms with Gasteiger partial charge in [0.15, 0.2) is 5.60 Å². The zero-order chi connectivity index (χ0) is 18.7. The number of nitrogens with zero attached hydrogens (tertiary/aromatic N) is 2. The van der Waals surface area contributed by atoms with E-state index in [1.54, 1.807) is 0 Å². The van der Waals surface area contributed by atoms with Crippen molar-refractivity contribution in [2.75, 3.05) is 26.2 Å². The van der Waals surface area contributed by atoms with E-state index < -0.39 is 5.60 Å². The Balaban J connectivity index is 1.63. The quantitative estimate of drug-likeness (QED) is 0.877. The SMILES string of the molecule is CC1CCN(C[C@@]2(O)CCCN(Cc3ccc(C(C)C)cc3)C2=O)CC1. The molecule has 0 bridgehead atoms. The Morgan fingerprint density at radius 1 is 1.15 bits per heavy atom. The van der Waals surface area contributed by atoms with Crippen LogP contribution in [0.15, 0.2) is 24.3 Å². The number of benzene rings is 1. The van der Waals surface area contributed by atoms with Gasteiger partial charge in [-0.3, -0.25) is 9.69 Å². The van der Waals surface area contributed by atoms with Gasteiger partial charge >= 0.3 is 0 Å². The molecule has 0 radical (unpaired) electrons. The van der Waals surface area contributed by atoms with E-state index in [0.717, 1.165) is 50.4 Å². The van der Waals surface area contributed by atoms with Gasteiger partial charge in [0.2, 0.25) is 0 Å². The van der Waals surface area contributed by atoms with Gasteiger partial charge in [-0.2, -0.15) is 0 Å². The van der Waals surface area contributed by atoms with Crippen LogP contribution < -0.4 is 0 Å². The molecular weight excluding hydrogens is 324 g/mol. The third-order valence-corrected chi connectivity index (χ3v) is 6.08. The minimum atomic E-state index is -1.21. The van der Waals surface area contributed by atoms with Crippen molar-refractivity contribution in [3.8, 4) is 0 Å². The number of hydrogen-bond donors (Lipinski definition) is 1. The number of rotatable bonds is 5. The van der Waals surface area contributed by atoms with Gasteiger partial charge in [0.25, 0.3) is 5.91 Å². The number of piperidine rings is 2. The van der Waals surface area contributed by atoms with Gasteiger partial charge in [-0.05, 0) is 61.7 Å². The number of hydrogen-bond acceptors (Lipinski definition) is 3. The Morgan fingerprint density at radius 3 is 2.42 bits per heavy atom. The molecule has 2 heterocycles. The molecule has 2 saturated heterocycles. The first-order chi connectivity index (χ1) is 12.4. The van der Waals surface area contributed by atoms with E-state index in [2.05, 4.69) is 49.9 Å². The molecule has 0 saturated carbocycles. The van der Waals surface area contributed by atoms with Crippen LogP contribution in [0.1, 0.15) is 63.5 Å². The van der Waals surface area contributed by atoms with Crippen LogP contribution in [0.25, 0.3) is 0 Å². The van der Waals surface area contributed by atoms with E-state index in [-0.39, 0.29) is 5.91 Å². The van der Waals surface area contributed by atoms with E-state index in [4.69, 9.17) is 0 Å². The van der Waals surface area contributed by atoms with Crippen LogP contribution in [0.5, 0.6) is 0 Å². The Labute approximate surface area is 158 Å². The van der Waals surface area contributed by atoms with Crippen LogP contribution in [0.4, 0.5) is 0 Å². The average Bonchev–Trinajstić information content (AvgIpc) is 2.62. The molecule has 1 aromatic carbocycles. The van der Waals surface area contributed by atoms with E-state index in [0.29, 0.717) is 25.4 Å². The summed E-state index contributed by atoms with van der Waals surface area (Å²) in [6.07, 6.45) is 3.78. The van der Waals surface area contributed by atoms with E-state index >= 15 is 0 Å². The average molecular weight is 359 g/mol. The maximum Gasteiger partial charge on any atom is 0.256 e. The van der Waals surface area contributed by atoms with E-state index in [9.17, 15) is 9.90 Å². The van der Waals surface area contributed by atoms with Crippen molar-refractivity contribution in [3.63, 3.8) is 0 Å². The molecular formula is C22H34N2O2. The lowest BCUT2D eigenvalue weighted by atomic mass is 9.89. The van der Waals surface area contributed by atoms with Gasteiger partial charge in [-0.25, -0.2) is 0 Å². The van der Waals surface area contributed by atoms with Crippen LogP contribution in [0.2, 0.25) is 0 Å². The second-order valence-corrected chi connectivity index (χ2v) is 8.72. The first-order valence-corrected chi connectivity index (χ1v) is 10.2. The molecule has 1 atom stereocenters. The summed E-state index contributed by atoms with van der Waals surface area (Å²) < 4.78 is 0. The van der Waals surface area contributed by atoms with Gasteiger partial charge in [-0.1, -0.05) is 45.0 Å². The number of likely N-dealkylation sites (tertiary alicyclic amines) is 2. The molecule has 2 fully saturated rings. The van der Waals surface area contributed by atoms with Crippen molar-refractivity contribution < 1.29 is 9.90 Å². The Hall–Kier alpha value is -1.39.